The lowest BCUT2D eigenvalue weighted by Crippen LogP contribution is -2.54. The normalized spacial score (nSPS) is 15.2. The third-order valence-corrected chi connectivity index (χ3v) is 6.78. The number of rotatable bonds is 4. The summed E-state index contributed by atoms with van der Waals surface area (Å²) in [5, 5.41) is 12.7. The van der Waals surface area contributed by atoms with Gasteiger partial charge in [-0.1, -0.05) is 54.6 Å². The van der Waals surface area contributed by atoms with E-state index in [-0.39, 0.29) is 5.54 Å². The van der Waals surface area contributed by atoms with E-state index in [4.69, 9.17) is 20.6 Å². The van der Waals surface area contributed by atoms with E-state index in [0.29, 0.717) is 13.2 Å². The summed E-state index contributed by atoms with van der Waals surface area (Å²) in [7, 11) is 0. The van der Waals surface area contributed by atoms with Crippen molar-refractivity contribution in [2.75, 3.05) is 13.2 Å². The predicted octanol–water partition coefficient (Wildman–Crippen LogP) is 4.37. The lowest BCUT2D eigenvalue weighted by atomic mass is 9.88. The van der Waals surface area contributed by atoms with Crippen LogP contribution in [0.3, 0.4) is 0 Å². The molecule has 4 N–H and O–H groups in total. The van der Waals surface area contributed by atoms with Gasteiger partial charge in [-0.15, -0.1) is 0 Å². The Kier molecular flexibility index (Phi) is 4.51. The van der Waals surface area contributed by atoms with Gasteiger partial charge in [-0.05, 0) is 45.5 Å². The molecule has 3 aromatic carbocycles. The molecule has 0 atom stereocenters. The Morgan fingerprint density at radius 2 is 1.66 bits per heavy atom. The van der Waals surface area contributed by atoms with Crippen molar-refractivity contribution in [3.63, 3.8) is 0 Å². The van der Waals surface area contributed by atoms with Crippen molar-refractivity contribution >= 4 is 28.4 Å². The van der Waals surface area contributed by atoms with Crippen LogP contribution in [-0.4, -0.2) is 27.8 Å². The van der Waals surface area contributed by atoms with E-state index in [9.17, 15) is 0 Å². The minimum atomic E-state index is -0.363. The maximum Gasteiger partial charge on any atom is 0.162 e. The fourth-order valence-corrected chi connectivity index (χ4v) is 4.76. The van der Waals surface area contributed by atoms with Crippen molar-refractivity contribution in [2.45, 2.75) is 10.4 Å². The smallest absolute Gasteiger partial charge is 0.162 e. The monoisotopic (exact) mass is 439 g/mol. The van der Waals surface area contributed by atoms with Crippen LogP contribution in [0.2, 0.25) is 0 Å². The van der Waals surface area contributed by atoms with Crippen LogP contribution in [0.25, 0.3) is 38.7 Å². The van der Waals surface area contributed by atoms with E-state index in [1.54, 1.807) is 0 Å². The first kappa shape index (κ1) is 19.5. The third kappa shape index (κ3) is 3.02. The molecule has 0 aliphatic carbocycles. The Balaban J connectivity index is 1.40. The third-order valence-electron chi connectivity index (χ3n) is 6.17. The molecule has 3 heterocycles. The molecule has 2 aromatic heterocycles. The van der Waals surface area contributed by atoms with Crippen molar-refractivity contribution in [1.82, 2.24) is 14.6 Å². The quantitative estimate of drug-likeness (QED) is 0.404. The molecule has 0 saturated carbocycles. The Bertz CT molecular complexity index is 1460. The first-order valence-electron chi connectivity index (χ1n) is 10.4. The predicted molar refractivity (Wildman–Crippen MR) is 128 cm³/mol. The Morgan fingerprint density at radius 3 is 2.38 bits per heavy atom. The standard InChI is InChI=1S/C25H21N5OS/c26-25(14-31-15-25)18-7-5-16(6-8-18)17-11-28-24-22(12-29-30(24)13-17)20-9-10-23(32-27)21-4-2-1-3-19(20)21/h1-13H,14-15,26-27H2. The molecule has 158 valence electrons. The van der Waals surface area contributed by atoms with Crippen LogP contribution in [0, 0.1) is 0 Å². The van der Waals surface area contributed by atoms with E-state index >= 15 is 0 Å². The highest BCUT2D eigenvalue weighted by atomic mass is 32.2. The SMILES string of the molecule is NSc1ccc(-c2cnn3cc(-c4ccc(C5(N)COC5)cc4)cnc23)c2ccccc12. The number of aromatic nitrogens is 3. The number of nitrogens with zero attached hydrogens (tertiary/aromatic N) is 3. The van der Waals surface area contributed by atoms with Crippen LogP contribution in [0.15, 0.2) is 84.1 Å². The van der Waals surface area contributed by atoms with Gasteiger partial charge in [0.2, 0.25) is 0 Å². The summed E-state index contributed by atoms with van der Waals surface area (Å²) in [4.78, 5) is 5.82. The van der Waals surface area contributed by atoms with Crippen LogP contribution in [-0.2, 0) is 10.3 Å². The summed E-state index contributed by atoms with van der Waals surface area (Å²) in [6.45, 7) is 1.13. The molecule has 0 spiro atoms. The lowest BCUT2D eigenvalue weighted by molar-refractivity contribution is -0.0569. The molecule has 6 nitrogen and oxygen atoms in total. The summed E-state index contributed by atoms with van der Waals surface area (Å²) < 4.78 is 7.12. The van der Waals surface area contributed by atoms with Gasteiger partial charge >= 0.3 is 0 Å². The molecule has 6 rings (SSSR count). The minimum Gasteiger partial charge on any atom is -0.377 e. The molecule has 5 aromatic rings. The van der Waals surface area contributed by atoms with Gasteiger partial charge in [0, 0.05) is 28.4 Å². The van der Waals surface area contributed by atoms with Gasteiger partial charge in [-0.3, -0.25) is 5.14 Å². The molecular formula is C25H21N5OS. The summed E-state index contributed by atoms with van der Waals surface area (Å²) in [6.07, 6.45) is 5.78. The van der Waals surface area contributed by atoms with Gasteiger partial charge in [-0.2, -0.15) is 5.10 Å². The van der Waals surface area contributed by atoms with Gasteiger partial charge in [0.15, 0.2) is 5.65 Å². The maximum absolute atomic E-state index is 6.34. The van der Waals surface area contributed by atoms with Gasteiger partial charge < -0.3 is 10.5 Å². The second-order valence-corrected chi connectivity index (χ2v) is 8.85. The number of hydrogen-bond donors (Lipinski definition) is 2. The lowest BCUT2D eigenvalue weighted by Gasteiger charge is -2.38. The van der Waals surface area contributed by atoms with Crippen LogP contribution < -0.4 is 10.9 Å². The molecular weight excluding hydrogens is 418 g/mol. The number of benzene rings is 3. The molecule has 32 heavy (non-hydrogen) atoms. The second-order valence-electron chi connectivity index (χ2n) is 8.17. The molecule has 7 heteroatoms. The molecule has 0 bridgehead atoms. The van der Waals surface area contributed by atoms with Crippen molar-refractivity contribution in [1.29, 1.82) is 0 Å². The van der Waals surface area contributed by atoms with E-state index in [0.717, 1.165) is 49.1 Å². The van der Waals surface area contributed by atoms with Gasteiger partial charge in [0.1, 0.15) is 0 Å². The highest BCUT2D eigenvalue weighted by Crippen LogP contribution is 2.35. The fourth-order valence-electron chi connectivity index (χ4n) is 4.31. The average molecular weight is 440 g/mol. The zero-order valence-corrected chi connectivity index (χ0v) is 18.0. The van der Waals surface area contributed by atoms with Crippen LogP contribution >= 0.6 is 11.9 Å². The van der Waals surface area contributed by atoms with Crippen molar-refractivity contribution in [2.24, 2.45) is 10.9 Å². The molecule has 1 saturated heterocycles. The summed E-state index contributed by atoms with van der Waals surface area (Å²) in [5.41, 5.74) is 12.0. The van der Waals surface area contributed by atoms with E-state index in [2.05, 4.69) is 53.6 Å². The summed E-state index contributed by atoms with van der Waals surface area (Å²) >= 11 is 1.26. The van der Waals surface area contributed by atoms with Crippen LogP contribution in [0.5, 0.6) is 0 Å². The maximum atomic E-state index is 6.34. The highest BCUT2D eigenvalue weighted by molar-refractivity contribution is 7.97. The average Bonchev–Trinajstić information content (AvgIpc) is 3.25. The molecule has 1 aliphatic rings. The van der Waals surface area contributed by atoms with E-state index < -0.39 is 0 Å². The largest absolute Gasteiger partial charge is 0.377 e. The molecule has 0 unspecified atom stereocenters. The Hall–Kier alpha value is -3.23. The number of nitrogens with two attached hydrogens (primary N) is 2. The fraction of sp³-hybridized carbons (Fsp3) is 0.120. The first-order chi connectivity index (χ1) is 15.7. The first-order valence-corrected chi connectivity index (χ1v) is 11.2. The second kappa shape index (κ2) is 7.43. The molecule has 0 amide bonds. The summed E-state index contributed by atoms with van der Waals surface area (Å²) in [5.74, 6) is 0. The van der Waals surface area contributed by atoms with Gasteiger partial charge in [0.05, 0.1) is 24.9 Å². The zero-order chi connectivity index (χ0) is 21.7. The Morgan fingerprint density at radius 1 is 0.875 bits per heavy atom. The van der Waals surface area contributed by atoms with Crippen molar-refractivity contribution in [3.05, 3.63) is 84.8 Å². The molecule has 1 aliphatic heterocycles. The van der Waals surface area contributed by atoms with Gasteiger partial charge in [-0.25, -0.2) is 9.50 Å². The van der Waals surface area contributed by atoms with Crippen LogP contribution in [0.1, 0.15) is 5.56 Å². The number of fused-ring (bicyclic) bond motifs is 2. The number of hydrogen-bond acceptors (Lipinski definition) is 6. The van der Waals surface area contributed by atoms with Gasteiger partial charge in [0.25, 0.3) is 0 Å². The van der Waals surface area contributed by atoms with E-state index in [1.165, 1.54) is 11.9 Å². The molecule has 0 radical (unpaired) electrons. The minimum absolute atomic E-state index is 0.363. The Labute approximate surface area is 189 Å². The van der Waals surface area contributed by atoms with Crippen LogP contribution in [0.4, 0.5) is 0 Å². The topological polar surface area (TPSA) is 91.5 Å². The summed E-state index contributed by atoms with van der Waals surface area (Å²) in [6, 6.07) is 20.7. The number of ether oxygens (including phenoxy) is 1. The van der Waals surface area contributed by atoms with Crippen molar-refractivity contribution < 1.29 is 4.74 Å². The highest BCUT2D eigenvalue weighted by Gasteiger charge is 2.35. The molecule has 1 fully saturated rings. The van der Waals surface area contributed by atoms with Crippen molar-refractivity contribution in [3.8, 4) is 22.3 Å². The van der Waals surface area contributed by atoms with E-state index in [1.807, 2.05) is 35.2 Å². The zero-order valence-electron chi connectivity index (χ0n) is 17.2.